The Labute approximate surface area is 105 Å². The molecule has 0 aromatic carbocycles. The van der Waals surface area contributed by atoms with Gasteiger partial charge in [0.15, 0.2) is 0 Å². The van der Waals surface area contributed by atoms with Crippen LogP contribution >= 0.6 is 12.4 Å². The fourth-order valence-electron chi connectivity index (χ4n) is 1.83. The first-order valence-electron chi connectivity index (χ1n) is 5.98. The summed E-state index contributed by atoms with van der Waals surface area (Å²) in [6, 6.07) is 0.414. The number of hydrogen-bond acceptors (Lipinski definition) is 2. The SMILES string of the molecule is CC(C)C(C)CC(=O)N(C)C1CCNC1.Cl. The number of halogens is 1. The van der Waals surface area contributed by atoms with E-state index in [0.29, 0.717) is 30.2 Å². The van der Waals surface area contributed by atoms with E-state index in [2.05, 4.69) is 26.1 Å². The molecule has 1 rings (SSSR count). The second-order valence-corrected chi connectivity index (χ2v) is 5.08. The van der Waals surface area contributed by atoms with E-state index in [1.165, 1.54) is 0 Å². The molecule has 1 heterocycles. The normalized spacial score (nSPS) is 21.7. The fraction of sp³-hybridized carbons (Fsp3) is 0.917. The number of likely N-dealkylation sites (N-methyl/N-ethyl adjacent to an activating group) is 1. The summed E-state index contributed by atoms with van der Waals surface area (Å²) in [5, 5.41) is 3.29. The number of amides is 1. The molecule has 1 N–H and O–H groups in total. The predicted octanol–water partition coefficient (Wildman–Crippen LogP) is 1.91. The van der Waals surface area contributed by atoms with Gasteiger partial charge in [-0.25, -0.2) is 0 Å². The Kier molecular flexibility index (Phi) is 7.00. The molecule has 0 spiro atoms. The molecule has 1 saturated heterocycles. The van der Waals surface area contributed by atoms with Gasteiger partial charge in [0.1, 0.15) is 0 Å². The minimum atomic E-state index is 0. The van der Waals surface area contributed by atoms with E-state index in [-0.39, 0.29) is 12.4 Å². The molecular formula is C12H25ClN2O. The lowest BCUT2D eigenvalue weighted by Crippen LogP contribution is -2.39. The van der Waals surface area contributed by atoms with Gasteiger partial charge < -0.3 is 10.2 Å². The summed E-state index contributed by atoms with van der Waals surface area (Å²) < 4.78 is 0. The van der Waals surface area contributed by atoms with E-state index < -0.39 is 0 Å². The lowest BCUT2D eigenvalue weighted by molar-refractivity contribution is -0.132. The van der Waals surface area contributed by atoms with Crippen LogP contribution in [0.4, 0.5) is 0 Å². The van der Waals surface area contributed by atoms with Crippen LogP contribution in [-0.4, -0.2) is 37.0 Å². The van der Waals surface area contributed by atoms with Crippen molar-refractivity contribution < 1.29 is 4.79 Å². The summed E-state index contributed by atoms with van der Waals surface area (Å²) in [6.45, 7) is 8.51. The Morgan fingerprint density at radius 1 is 1.44 bits per heavy atom. The van der Waals surface area contributed by atoms with Gasteiger partial charge in [0, 0.05) is 26.1 Å². The van der Waals surface area contributed by atoms with Crippen LogP contribution in [0.3, 0.4) is 0 Å². The number of hydrogen-bond donors (Lipinski definition) is 1. The van der Waals surface area contributed by atoms with Crippen LogP contribution in [0.15, 0.2) is 0 Å². The number of carbonyl (C=O) groups is 1. The van der Waals surface area contributed by atoms with Crippen LogP contribution in [0.2, 0.25) is 0 Å². The molecule has 4 heteroatoms. The molecule has 0 radical (unpaired) electrons. The van der Waals surface area contributed by atoms with Crippen LogP contribution in [0.1, 0.15) is 33.6 Å². The van der Waals surface area contributed by atoms with Gasteiger partial charge in [-0.2, -0.15) is 0 Å². The summed E-state index contributed by atoms with van der Waals surface area (Å²) >= 11 is 0. The Morgan fingerprint density at radius 3 is 2.50 bits per heavy atom. The molecule has 16 heavy (non-hydrogen) atoms. The van der Waals surface area contributed by atoms with Gasteiger partial charge in [0.05, 0.1) is 0 Å². The molecule has 0 aromatic heterocycles. The first kappa shape index (κ1) is 15.7. The van der Waals surface area contributed by atoms with Crippen LogP contribution in [-0.2, 0) is 4.79 Å². The molecule has 0 aliphatic carbocycles. The maximum atomic E-state index is 11.9. The summed E-state index contributed by atoms with van der Waals surface area (Å²) in [5.41, 5.74) is 0. The lowest BCUT2D eigenvalue weighted by atomic mass is 9.94. The van der Waals surface area contributed by atoms with E-state index in [1.807, 2.05) is 11.9 Å². The first-order valence-corrected chi connectivity index (χ1v) is 5.98. The molecular weight excluding hydrogens is 224 g/mol. The number of rotatable bonds is 4. The van der Waals surface area contributed by atoms with E-state index in [0.717, 1.165) is 19.5 Å². The average molecular weight is 249 g/mol. The summed E-state index contributed by atoms with van der Waals surface area (Å²) in [7, 11) is 1.94. The molecule has 1 aliphatic rings. The molecule has 1 amide bonds. The second kappa shape index (κ2) is 7.13. The summed E-state index contributed by atoms with van der Waals surface area (Å²) in [6.07, 6.45) is 1.78. The van der Waals surface area contributed by atoms with Gasteiger partial charge in [-0.1, -0.05) is 20.8 Å². The third-order valence-corrected chi connectivity index (χ3v) is 3.61. The van der Waals surface area contributed by atoms with Crippen LogP contribution in [0, 0.1) is 11.8 Å². The Balaban J connectivity index is 0.00000225. The third kappa shape index (κ3) is 4.30. The largest absolute Gasteiger partial charge is 0.341 e. The van der Waals surface area contributed by atoms with Gasteiger partial charge >= 0.3 is 0 Å². The zero-order valence-electron chi connectivity index (χ0n) is 10.8. The van der Waals surface area contributed by atoms with E-state index in [1.54, 1.807) is 0 Å². The topological polar surface area (TPSA) is 32.3 Å². The minimum Gasteiger partial charge on any atom is -0.341 e. The number of nitrogens with zero attached hydrogens (tertiary/aromatic N) is 1. The maximum Gasteiger partial charge on any atom is 0.222 e. The highest BCUT2D eigenvalue weighted by Crippen LogP contribution is 2.17. The molecule has 2 atom stereocenters. The molecule has 0 aromatic rings. The van der Waals surface area contributed by atoms with E-state index >= 15 is 0 Å². The number of nitrogens with one attached hydrogen (secondary N) is 1. The molecule has 2 unspecified atom stereocenters. The van der Waals surface area contributed by atoms with Crippen molar-refractivity contribution in [1.82, 2.24) is 10.2 Å². The van der Waals surface area contributed by atoms with Gasteiger partial charge in [-0.3, -0.25) is 4.79 Å². The van der Waals surface area contributed by atoms with Crippen molar-refractivity contribution >= 4 is 18.3 Å². The molecule has 1 fully saturated rings. The second-order valence-electron chi connectivity index (χ2n) is 5.08. The highest BCUT2D eigenvalue weighted by Gasteiger charge is 2.24. The van der Waals surface area contributed by atoms with Gasteiger partial charge in [0.2, 0.25) is 5.91 Å². The van der Waals surface area contributed by atoms with Crippen LogP contribution in [0.5, 0.6) is 0 Å². The fourth-order valence-corrected chi connectivity index (χ4v) is 1.83. The van der Waals surface area contributed by atoms with Crippen LogP contribution < -0.4 is 5.32 Å². The standard InChI is InChI=1S/C12H24N2O.ClH/c1-9(2)10(3)7-12(15)14(4)11-5-6-13-8-11;/h9-11,13H,5-8H2,1-4H3;1H. The first-order chi connectivity index (χ1) is 7.02. The average Bonchev–Trinajstić information content (AvgIpc) is 2.68. The Hall–Kier alpha value is -0.280. The zero-order valence-corrected chi connectivity index (χ0v) is 11.6. The van der Waals surface area contributed by atoms with Crippen molar-refractivity contribution in [3.8, 4) is 0 Å². The Bertz CT molecular complexity index is 215. The highest BCUT2D eigenvalue weighted by atomic mass is 35.5. The van der Waals surface area contributed by atoms with Crippen molar-refractivity contribution in [2.75, 3.05) is 20.1 Å². The van der Waals surface area contributed by atoms with Crippen molar-refractivity contribution in [3.63, 3.8) is 0 Å². The monoisotopic (exact) mass is 248 g/mol. The summed E-state index contributed by atoms with van der Waals surface area (Å²) in [4.78, 5) is 13.9. The van der Waals surface area contributed by atoms with Crippen LogP contribution in [0.25, 0.3) is 0 Å². The minimum absolute atomic E-state index is 0. The maximum absolute atomic E-state index is 11.9. The summed E-state index contributed by atoms with van der Waals surface area (Å²) in [5.74, 6) is 1.36. The molecule has 1 aliphatic heterocycles. The Morgan fingerprint density at radius 2 is 2.06 bits per heavy atom. The molecule has 3 nitrogen and oxygen atoms in total. The molecule has 96 valence electrons. The van der Waals surface area contributed by atoms with Crippen molar-refractivity contribution in [2.24, 2.45) is 11.8 Å². The van der Waals surface area contributed by atoms with Crippen molar-refractivity contribution in [1.29, 1.82) is 0 Å². The van der Waals surface area contributed by atoms with Crippen molar-refractivity contribution in [2.45, 2.75) is 39.7 Å². The number of carbonyl (C=O) groups excluding carboxylic acids is 1. The van der Waals surface area contributed by atoms with Gasteiger partial charge in [-0.05, 0) is 24.8 Å². The smallest absolute Gasteiger partial charge is 0.222 e. The van der Waals surface area contributed by atoms with Gasteiger partial charge in [-0.15, -0.1) is 12.4 Å². The zero-order chi connectivity index (χ0) is 11.4. The molecule has 0 saturated carbocycles. The van der Waals surface area contributed by atoms with Crippen molar-refractivity contribution in [3.05, 3.63) is 0 Å². The molecule has 0 bridgehead atoms. The quantitative estimate of drug-likeness (QED) is 0.825. The lowest BCUT2D eigenvalue weighted by Gasteiger charge is -2.26. The third-order valence-electron chi connectivity index (χ3n) is 3.61. The van der Waals surface area contributed by atoms with E-state index in [9.17, 15) is 4.79 Å². The van der Waals surface area contributed by atoms with E-state index in [4.69, 9.17) is 0 Å². The predicted molar refractivity (Wildman–Crippen MR) is 69.9 cm³/mol. The van der Waals surface area contributed by atoms with Gasteiger partial charge in [0.25, 0.3) is 0 Å². The highest BCUT2D eigenvalue weighted by molar-refractivity contribution is 5.85.